The molecule has 2 aromatic rings. The van der Waals surface area contributed by atoms with Crippen molar-refractivity contribution in [1.29, 1.82) is 0 Å². The summed E-state index contributed by atoms with van der Waals surface area (Å²) in [6.45, 7) is 4.28. The Hall–Kier alpha value is -1.63. The van der Waals surface area contributed by atoms with Crippen LogP contribution in [-0.2, 0) is 0 Å². The van der Waals surface area contributed by atoms with Crippen LogP contribution in [0.4, 0.5) is 0 Å². The van der Waals surface area contributed by atoms with Gasteiger partial charge in [-0.25, -0.2) is 0 Å². The third-order valence-corrected chi connectivity index (χ3v) is 2.85. The van der Waals surface area contributed by atoms with Crippen LogP contribution in [-0.4, -0.2) is 5.54 Å². The van der Waals surface area contributed by atoms with E-state index in [0.717, 1.165) is 5.36 Å². The Morgan fingerprint density at radius 3 is 2.67 bits per heavy atom. The molecule has 0 radical (unpaired) electrons. The van der Waals surface area contributed by atoms with Crippen molar-refractivity contribution in [3.63, 3.8) is 0 Å². The molecule has 0 amide bonds. The average molecular weight is 195 g/mol. The minimum Gasteiger partial charge on any atom is -0.275 e. The second-order valence-electron chi connectivity index (χ2n) is 4.63. The number of benzene rings is 2. The van der Waals surface area contributed by atoms with Gasteiger partial charge in [0.25, 0.3) is 0 Å². The molecule has 0 N–H and O–H groups in total. The monoisotopic (exact) mass is 195 g/mol. The zero-order valence-corrected chi connectivity index (χ0v) is 8.99. The van der Waals surface area contributed by atoms with Crippen molar-refractivity contribution in [3.05, 3.63) is 47.0 Å². The molecule has 1 heteroatoms. The van der Waals surface area contributed by atoms with E-state index in [-0.39, 0.29) is 5.54 Å². The van der Waals surface area contributed by atoms with Gasteiger partial charge in [-0.2, -0.15) is 0 Å². The van der Waals surface area contributed by atoms with Crippen molar-refractivity contribution >= 4 is 16.8 Å². The Morgan fingerprint density at radius 1 is 1.00 bits per heavy atom. The molecule has 2 aromatic carbocycles. The van der Waals surface area contributed by atoms with E-state index in [9.17, 15) is 0 Å². The van der Waals surface area contributed by atoms with Crippen LogP contribution in [0.5, 0.6) is 0 Å². The lowest BCUT2D eigenvalue weighted by Gasteiger charge is -2.08. The fourth-order valence-electron chi connectivity index (χ4n) is 2.23. The van der Waals surface area contributed by atoms with Gasteiger partial charge in [0.05, 0.1) is 10.9 Å². The number of hydrogen-bond donors (Lipinski definition) is 0. The smallest absolute Gasteiger partial charge is 0.0748 e. The van der Waals surface area contributed by atoms with Crippen molar-refractivity contribution in [2.24, 2.45) is 4.99 Å². The molecule has 0 unspecified atom stereocenters. The first kappa shape index (κ1) is 8.66. The lowest BCUT2D eigenvalue weighted by molar-refractivity contribution is 0.690. The molecule has 1 heterocycles. The number of nitrogens with zero attached hydrogens (tertiary/aromatic N) is 1. The van der Waals surface area contributed by atoms with Gasteiger partial charge in [-0.3, -0.25) is 4.99 Å². The highest BCUT2D eigenvalue weighted by Gasteiger charge is 2.17. The van der Waals surface area contributed by atoms with E-state index < -0.39 is 0 Å². The Morgan fingerprint density at radius 2 is 1.80 bits per heavy atom. The van der Waals surface area contributed by atoms with Gasteiger partial charge in [-0.1, -0.05) is 30.3 Å². The highest BCUT2D eigenvalue weighted by Crippen LogP contribution is 2.15. The van der Waals surface area contributed by atoms with Crippen molar-refractivity contribution in [2.75, 3.05) is 0 Å². The minimum atomic E-state index is -0.0491. The van der Waals surface area contributed by atoms with Crippen LogP contribution in [0.15, 0.2) is 41.4 Å². The molecule has 0 fully saturated rings. The number of rotatable bonds is 0. The molecule has 0 saturated heterocycles. The van der Waals surface area contributed by atoms with E-state index in [1.807, 2.05) is 0 Å². The first-order valence-corrected chi connectivity index (χ1v) is 5.26. The van der Waals surface area contributed by atoms with Crippen LogP contribution < -0.4 is 10.6 Å². The lowest BCUT2D eigenvalue weighted by Crippen LogP contribution is -2.21. The third-order valence-electron chi connectivity index (χ3n) is 2.85. The average Bonchev–Trinajstić information content (AvgIpc) is 2.52. The van der Waals surface area contributed by atoms with Gasteiger partial charge in [0.15, 0.2) is 0 Å². The summed E-state index contributed by atoms with van der Waals surface area (Å²) >= 11 is 0. The van der Waals surface area contributed by atoms with Crippen molar-refractivity contribution in [2.45, 2.75) is 19.4 Å². The van der Waals surface area contributed by atoms with Gasteiger partial charge in [-0.15, -0.1) is 0 Å². The summed E-state index contributed by atoms with van der Waals surface area (Å²) in [5.74, 6) is 0. The van der Waals surface area contributed by atoms with E-state index in [0.29, 0.717) is 0 Å². The number of hydrogen-bond acceptors (Lipinski definition) is 1. The third kappa shape index (κ3) is 1.27. The summed E-state index contributed by atoms with van der Waals surface area (Å²) in [6, 6.07) is 12.7. The fraction of sp³-hybridized carbons (Fsp3) is 0.214. The highest BCUT2D eigenvalue weighted by molar-refractivity contribution is 5.84. The van der Waals surface area contributed by atoms with Crippen molar-refractivity contribution in [3.8, 4) is 0 Å². The summed E-state index contributed by atoms with van der Waals surface area (Å²) in [4.78, 5) is 4.68. The molecule has 0 bridgehead atoms. The van der Waals surface area contributed by atoms with Gasteiger partial charge in [0.2, 0.25) is 0 Å². The summed E-state index contributed by atoms with van der Waals surface area (Å²) in [5.41, 5.74) is -0.0491. The molecule has 0 aliphatic carbocycles. The predicted octanol–water partition coefficient (Wildman–Crippen LogP) is 2.03. The molecule has 1 nitrogen and oxygen atoms in total. The molecule has 1 aliphatic heterocycles. The largest absolute Gasteiger partial charge is 0.275 e. The molecule has 0 aromatic heterocycles. The number of fused-ring (bicyclic) bond motifs is 3. The van der Waals surface area contributed by atoms with Crippen molar-refractivity contribution in [1.82, 2.24) is 0 Å². The van der Waals surface area contributed by atoms with Crippen LogP contribution in [0.3, 0.4) is 0 Å². The molecule has 0 atom stereocenters. The van der Waals surface area contributed by atoms with Gasteiger partial charge in [0, 0.05) is 5.22 Å². The van der Waals surface area contributed by atoms with Gasteiger partial charge in [0.1, 0.15) is 0 Å². The molecular formula is C14H13N. The molecule has 15 heavy (non-hydrogen) atoms. The van der Waals surface area contributed by atoms with Crippen LogP contribution in [0.1, 0.15) is 13.8 Å². The molecule has 1 aliphatic rings. The van der Waals surface area contributed by atoms with E-state index >= 15 is 0 Å². The maximum atomic E-state index is 4.68. The standard InChI is InChI=1S/C14H13N/c1-14(2)9-12-11-6-4-3-5-10(11)7-8-13(12)15-14/h3-9H,1-2H3. The van der Waals surface area contributed by atoms with E-state index in [2.05, 4.69) is 61.3 Å². The Balaban J connectivity index is 2.56. The second kappa shape index (κ2) is 2.69. The highest BCUT2D eigenvalue weighted by atomic mass is 14.8. The molecular weight excluding hydrogens is 182 g/mol. The zero-order valence-electron chi connectivity index (χ0n) is 8.99. The fourth-order valence-corrected chi connectivity index (χ4v) is 2.23. The van der Waals surface area contributed by atoms with E-state index in [4.69, 9.17) is 0 Å². The molecule has 0 spiro atoms. The summed E-state index contributed by atoms with van der Waals surface area (Å²) in [5, 5.41) is 5.02. The predicted molar refractivity (Wildman–Crippen MR) is 63.3 cm³/mol. The van der Waals surface area contributed by atoms with E-state index in [1.165, 1.54) is 16.0 Å². The quantitative estimate of drug-likeness (QED) is 0.610. The van der Waals surface area contributed by atoms with Crippen LogP contribution in [0.25, 0.3) is 16.8 Å². The molecule has 3 rings (SSSR count). The summed E-state index contributed by atoms with van der Waals surface area (Å²) in [7, 11) is 0. The SMILES string of the molecule is CC1(C)C=c2c(ccc3ccccc23)=N1. The Bertz CT molecular complexity index is 651. The van der Waals surface area contributed by atoms with Crippen molar-refractivity contribution < 1.29 is 0 Å². The first-order chi connectivity index (χ1) is 7.16. The van der Waals surface area contributed by atoms with Crippen LogP contribution in [0, 0.1) is 0 Å². The molecule has 0 saturated carbocycles. The van der Waals surface area contributed by atoms with Gasteiger partial charge < -0.3 is 0 Å². The summed E-state index contributed by atoms with van der Waals surface area (Å²) in [6.07, 6.45) is 2.25. The van der Waals surface area contributed by atoms with Gasteiger partial charge in [-0.05, 0) is 36.8 Å². The zero-order chi connectivity index (χ0) is 10.5. The van der Waals surface area contributed by atoms with Crippen LogP contribution >= 0.6 is 0 Å². The molecule has 74 valence electrons. The Kier molecular flexibility index (Phi) is 1.55. The summed E-state index contributed by atoms with van der Waals surface area (Å²) < 4.78 is 0. The lowest BCUT2D eigenvalue weighted by atomic mass is 10.0. The maximum Gasteiger partial charge on any atom is 0.0748 e. The van der Waals surface area contributed by atoms with E-state index in [1.54, 1.807) is 0 Å². The minimum absolute atomic E-state index is 0.0491. The first-order valence-electron chi connectivity index (χ1n) is 5.26. The normalized spacial score (nSPS) is 16.9. The maximum absolute atomic E-state index is 4.68. The second-order valence-corrected chi connectivity index (χ2v) is 4.63. The van der Waals surface area contributed by atoms with Gasteiger partial charge >= 0.3 is 0 Å². The topological polar surface area (TPSA) is 12.4 Å². The Labute approximate surface area is 88.8 Å². The van der Waals surface area contributed by atoms with Crippen LogP contribution in [0.2, 0.25) is 0 Å².